The van der Waals surface area contributed by atoms with E-state index in [2.05, 4.69) is 10.3 Å². The number of hydrogen-bond acceptors (Lipinski definition) is 4. The van der Waals surface area contributed by atoms with Crippen molar-refractivity contribution in [1.82, 2.24) is 9.38 Å². The lowest BCUT2D eigenvalue weighted by atomic mass is 10.2. The number of rotatable bonds is 4. The number of fused-ring (bicyclic) bond motifs is 1. The fourth-order valence-electron chi connectivity index (χ4n) is 2.41. The lowest BCUT2D eigenvalue weighted by Crippen LogP contribution is -2.13. The molecule has 2 aromatic heterocycles. The summed E-state index contributed by atoms with van der Waals surface area (Å²) in [5.74, 6) is 0.852. The van der Waals surface area contributed by atoms with Crippen LogP contribution in [0.15, 0.2) is 42.7 Å². The molecule has 0 unspecified atom stereocenters. The van der Waals surface area contributed by atoms with E-state index in [0.717, 1.165) is 5.69 Å². The van der Waals surface area contributed by atoms with Crippen LogP contribution in [-0.2, 0) is 0 Å². The van der Waals surface area contributed by atoms with Crippen LogP contribution in [-0.4, -0.2) is 29.5 Å². The first kappa shape index (κ1) is 14.9. The van der Waals surface area contributed by atoms with Gasteiger partial charge in [-0.3, -0.25) is 4.79 Å². The van der Waals surface area contributed by atoms with Crippen LogP contribution >= 0.6 is 0 Å². The Balaban J connectivity index is 1.91. The smallest absolute Gasteiger partial charge is 0.255 e. The number of anilines is 1. The van der Waals surface area contributed by atoms with Crippen molar-refractivity contribution in [1.29, 1.82) is 0 Å². The molecule has 6 nitrogen and oxygen atoms in total. The van der Waals surface area contributed by atoms with Crippen molar-refractivity contribution in [2.24, 2.45) is 0 Å². The molecule has 0 aliphatic carbocycles. The van der Waals surface area contributed by atoms with Crippen LogP contribution in [0.4, 0.5) is 5.69 Å². The van der Waals surface area contributed by atoms with Crippen molar-refractivity contribution in [3.8, 4) is 11.5 Å². The molecular formula is C17H17N3O3. The Hall–Kier alpha value is -3.02. The van der Waals surface area contributed by atoms with E-state index in [1.165, 1.54) is 7.11 Å². The monoisotopic (exact) mass is 311 g/mol. The molecule has 1 amide bonds. The maximum Gasteiger partial charge on any atom is 0.255 e. The highest BCUT2D eigenvalue weighted by molar-refractivity contribution is 6.06. The van der Waals surface area contributed by atoms with E-state index >= 15 is 0 Å². The van der Waals surface area contributed by atoms with Gasteiger partial charge in [-0.05, 0) is 37.3 Å². The highest BCUT2D eigenvalue weighted by atomic mass is 16.5. The molecule has 0 bridgehead atoms. The standard InChI is InChI=1S/C17H17N3O3/c1-11-10-20-8-4-5-13(16(20)18-11)19-17(21)12-6-7-14(22-2)15(9-12)23-3/h4-10H,1-3H3,(H,19,21). The van der Waals surface area contributed by atoms with Gasteiger partial charge in [0.2, 0.25) is 0 Å². The van der Waals surface area contributed by atoms with Crippen LogP contribution in [0.5, 0.6) is 11.5 Å². The molecule has 0 aliphatic rings. The molecule has 0 spiro atoms. The molecule has 0 atom stereocenters. The van der Waals surface area contributed by atoms with Crippen molar-refractivity contribution in [2.75, 3.05) is 19.5 Å². The van der Waals surface area contributed by atoms with Gasteiger partial charge in [-0.1, -0.05) is 0 Å². The number of pyridine rings is 1. The summed E-state index contributed by atoms with van der Waals surface area (Å²) in [6.07, 6.45) is 3.79. The van der Waals surface area contributed by atoms with Gasteiger partial charge in [-0.25, -0.2) is 4.98 Å². The molecule has 3 aromatic rings. The molecule has 1 aromatic carbocycles. The van der Waals surface area contributed by atoms with Crippen LogP contribution in [0.25, 0.3) is 5.65 Å². The minimum atomic E-state index is -0.236. The van der Waals surface area contributed by atoms with Crippen LogP contribution in [0, 0.1) is 6.92 Å². The van der Waals surface area contributed by atoms with Gasteiger partial charge in [0.1, 0.15) is 0 Å². The predicted octanol–water partition coefficient (Wildman–Crippen LogP) is 2.91. The molecule has 6 heteroatoms. The number of nitrogens with one attached hydrogen (secondary N) is 1. The van der Waals surface area contributed by atoms with Gasteiger partial charge in [0.05, 0.1) is 25.6 Å². The first-order valence-corrected chi connectivity index (χ1v) is 7.10. The molecule has 0 saturated carbocycles. The highest BCUT2D eigenvalue weighted by Gasteiger charge is 2.13. The quantitative estimate of drug-likeness (QED) is 0.804. The third kappa shape index (κ3) is 2.83. The largest absolute Gasteiger partial charge is 0.493 e. The summed E-state index contributed by atoms with van der Waals surface area (Å²) in [5.41, 5.74) is 2.73. The summed E-state index contributed by atoms with van der Waals surface area (Å²) in [6, 6.07) is 8.71. The van der Waals surface area contributed by atoms with Crippen LogP contribution in [0.2, 0.25) is 0 Å². The van der Waals surface area contributed by atoms with Crippen molar-refractivity contribution < 1.29 is 14.3 Å². The van der Waals surface area contributed by atoms with Gasteiger partial charge in [0.25, 0.3) is 5.91 Å². The third-order valence-corrected chi connectivity index (χ3v) is 3.50. The van der Waals surface area contributed by atoms with E-state index in [-0.39, 0.29) is 5.91 Å². The topological polar surface area (TPSA) is 64.9 Å². The maximum absolute atomic E-state index is 12.5. The number of ether oxygens (including phenoxy) is 2. The summed E-state index contributed by atoms with van der Waals surface area (Å²) in [6.45, 7) is 1.91. The second-order valence-electron chi connectivity index (χ2n) is 5.06. The average molecular weight is 311 g/mol. The van der Waals surface area contributed by atoms with Gasteiger partial charge in [-0.2, -0.15) is 0 Å². The minimum Gasteiger partial charge on any atom is -0.493 e. The molecule has 0 aliphatic heterocycles. The third-order valence-electron chi connectivity index (χ3n) is 3.50. The zero-order valence-corrected chi connectivity index (χ0v) is 13.2. The van der Waals surface area contributed by atoms with Crippen molar-refractivity contribution in [3.63, 3.8) is 0 Å². The van der Waals surface area contributed by atoms with E-state index in [9.17, 15) is 4.79 Å². The number of hydrogen-bond donors (Lipinski definition) is 1. The summed E-state index contributed by atoms with van der Waals surface area (Å²) in [5, 5.41) is 2.88. The average Bonchev–Trinajstić information content (AvgIpc) is 2.95. The number of carbonyl (C=O) groups excluding carboxylic acids is 1. The molecule has 2 heterocycles. The Morgan fingerprint density at radius 1 is 1.17 bits per heavy atom. The summed E-state index contributed by atoms with van der Waals surface area (Å²) in [4.78, 5) is 16.9. The van der Waals surface area contributed by atoms with Gasteiger partial charge >= 0.3 is 0 Å². The molecule has 118 valence electrons. The number of benzene rings is 1. The van der Waals surface area contributed by atoms with E-state index in [1.54, 1.807) is 25.3 Å². The van der Waals surface area contributed by atoms with E-state index in [4.69, 9.17) is 9.47 Å². The minimum absolute atomic E-state index is 0.236. The van der Waals surface area contributed by atoms with Gasteiger partial charge in [0, 0.05) is 18.0 Å². The number of amides is 1. The SMILES string of the molecule is COc1ccc(C(=O)Nc2cccn3cc(C)nc23)cc1OC. The first-order chi connectivity index (χ1) is 11.1. The van der Waals surface area contributed by atoms with Crippen molar-refractivity contribution >= 4 is 17.2 Å². The fraction of sp³-hybridized carbons (Fsp3) is 0.176. The first-order valence-electron chi connectivity index (χ1n) is 7.10. The molecule has 23 heavy (non-hydrogen) atoms. The molecule has 1 N–H and O–H groups in total. The normalized spacial score (nSPS) is 10.6. The second kappa shape index (κ2) is 6.00. The maximum atomic E-state index is 12.5. The molecule has 3 rings (SSSR count). The van der Waals surface area contributed by atoms with Gasteiger partial charge in [-0.15, -0.1) is 0 Å². The Morgan fingerprint density at radius 3 is 2.70 bits per heavy atom. The number of aryl methyl sites for hydroxylation is 1. The van der Waals surface area contributed by atoms with Crippen LogP contribution in [0.1, 0.15) is 16.1 Å². The Bertz CT molecular complexity index is 871. The summed E-state index contributed by atoms with van der Waals surface area (Å²) < 4.78 is 12.3. The summed E-state index contributed by atoms with van der Waals surface area (Å²) >= 11 is 0. The lowest BCUT2D eigenvalue weighted by molar-refractivity contribution is 0.102. The Kier molecular flexibility index (Phi) is 3.89. The molecular weight excluding hydrogens is 294 g/mol. The van der Waals surface area contributed by atoms with E-state index in [1.807, 2.05) is 35.9 Å². The van der Waals surface area contributed by atoms with Gasteiger partial charge < -0.3 is 19.2 Å². The zero-order valence-electron chi connectivity index (χ0n) is 13.2. The van der Waals surface area contributed by atoms with Crippen molar-refractivity contribution in [2.45, 2.75) is 6.92 Å². The van der Waals surface area contributed by atoms with E-state index in [0.29, 0.717) is 28.4 Å². The summed E-state index contributed by atoms with van der Waals surface area (Å²) in [7, 11) is 3.09. The molecule has 0 saturated heterocycles. The number of methoxy groups -OCH3 is 2. The molecule has 0 radical (unpaired) electrons. The lowest BCUT2D eigenvalue weighted by Gasteiger charge is -2.10. The number of carbonyl (C=O) groups is 1. The predicted molar refractivity (Wildman–Crippen MR) is 87.4 cm³/mol. The highest BCUT2D eigenvalue weighted by Crippen LogP contribution is 2.28. The number of nitrogens with zero attached hydrogens (tertiary/aromatic N) is 2. The van der Waals surface area contributed by atoms with Crippen LogP contribution in [0.3, 0.4) is 0 Å². The second-order valence-corrected chi connectivity index (χ2v) is 5.06. The molecule has 0 fully saturated rings. The Morgan fingerprint density at radius 2 is 1.96 bits per heavy atom. The number of aromatic nitrogens is 2. The zero-order chi connectivity index (χ0) is 16.4. The Labute approximate surface area is 133 Å². The fourth-order valence-corrected chi connectivity index (χ4v) is 2.41. The van der Waals surface area contributed by atoms with E-state index < -0.39 is 0 Å². The van der Waals surface area contributed by atoms with Crippen molar-refractivity contribution in [3.05, 3.63) is 54.0 Å². The number of imidazole rings is 1. The van der Waals surface area contributed by atoms with Gasteiger partial charge in [0.15, 0.2) is 17.1 Å². The van der Waals surface area contributed by atoms with Crippen LogP contribution < -0.4 is 14.8 Å².